The van der Waals surface area contributed by atoms with Crippen LogP contribution in [0.25, 0.3) is 0 Å². The number of nitrogens with two attached hydrogens (primary N) is 1. The zero-order valence-corrected chi connectivity index (χ0v) is 14.4. The van der Waals surface area contributed by atoms with Gasteiger partial charge in [-0.25, -0.2) is 0 Å². The van der Waals surface area contributed by atoms with E-state index in [9.17, 15) is 14.4 Å². The molecule has 3 amide bonds. The topological polar surface area (TPSA) is 102 Å². The minimum atomic E-state index is -0.400. The average molecular weight is 337 g/mol. The van der Waals surface area contributed by atoms with Crippen LogP contribution in [0.4, 0.5) is 0 Å². The van der Waals surface area contributed by atoms with Gasteiger partial charge >= 0.3 is 0 Å². The standard InChI is InChI=1S/C17H27N3O4/c1-3-17(18,4-2)9-19-12(21)7-8-20-15(22)13-10-5-6-11(24-10)14(13)16(20)23/h10-11,13-14H,3-9,18H2,1-2H3,(H,19,21). The first-order valence-corrected chi connectivity index (χ1v) is 8.96. The molecule has 3 rings (SSSR count). The van der Waals surface area contributed by atoms with Crippen molar-refractivity contribution in [1.82, 2.24) is 10.2 Å². The fourth-order valence-electron chi connectivity index (χ4n) is 4.07. The molecule has 2 bridgehead atoms. The van der Waals surface area contributed by atoms with Gasteiger partial charge in [0.25, 0.3) is 0 Å². The molecule has 3 N–H and O–H groups in total. The van der Waals surface area contributed by atoms with Gasteiger partial charge in [-0.3, -0.25) is 19.3 Å². The summed E-state index contributed by atoms with van der Waals surface area (Å²) in [5, 5.41) is 2.82. The van der Waals surface area contributed by atoms with Crippen molar-refractivity contribution in [3.8, 4) is 0 Å². The summed E-state index contributed by atoms with van der Waals surface area (Å²) in [6.45, 7) is 4.54. The molecule has 0 aromatic carbocycles. The molecule has 4 unspecified atom stereocenters. The quantitative estimate of drug-likeness (QED) is 0.645. The number of rotatable bonds is 7. The average Bonchev–Trinajstić information content (AvgIpc) is 3.26. The first-order chi connectivity index (χ1) is 11.4. The second kappa shape index (κ2) is 6.44. The monoisotopic (exact) mass is 337 g/mol. The van der Waals surface area contributed by atoms with Crippen LogP contribution in [0.5, 0.6) is 0 Å². The van der Waals surface area contributed by atoms with E-state index < -0.39 is 5.54 Å². The molecule has 0 spiro atoms. The van der Waals surface area contributed by atoms with E-state index in [1.165, 1.54) is 4.90 Å². The van der Waals surface area contributed by atoms with E-state index in [4.69, 9.17) is 10.5 Å². The number of nitrogens with zero attached hydrogens (tertiary/aromatic N) is 1. The molecule has 0 aromatic rings. The Hall–Kier alpha value is -1.47. The molecule has 24 heavy (non-hydrogen) atoms. The summed E-state index contributed by atoms with van der Waals surface area (Å²) < 4.78 is 5.69. The van der Waals surface area contributed by atoms with Crippen molar-refractivity contribution < 1.29 is 19.1 Å². The van der Waals surface area contributed by atoms with Gasteiger partial charge in [0.15, 0.2) is 0 Å². The number of likely N-dealkylation sites (tertiary alicyclic amines) is 1. The molecule has 134 valence electrons. The predicted octanol–water partition coefficient (Wildman–Crippen LogP) is 0.173. The van der Waals surface area contributed by atoms with E-state index in [1.807, 2.05) is 13.8 Å². The summed E-state index contributed by atoms with van der Waals surface area (Å²) >= 11 is 0. The number of carbonyl (C=O) groups is 3. The molecule has 0 radical (unpaired) electrons. The van der Waals surface area contributed by atoms with Gasteiger partial charge in [0.2, 0.25) is 17.7 Å². The van der Waals surface area contributed by atoms with E-state index in [0.717, 1.165) is 25.7 Å². The van der Waals surface area contributed by atoms with E-state index >= 15 is 0 Å². The molecule has 7 nitrogen and oxygen atoms in total. The molecular weight excluding hydrogens is 310 g/mol. The van der Waals surface area contributed by atoms with Crippen molar-refractivity contribution in [3.63, 3.8) is 0 Å². The fourth-order valence-corrected chi connectivity index (χ4v) is 4.07. The number of carbonyl (C=O) groups excluding carboxylic acids is 3. The predicted molar refractivity (Wildman–Crippen MR) is 86.7 cm³/mol. The molecule has 3 fully saturated rings. The molecule has 3 aliphatic rings. The highest BCUT2D eigenvalue weighted by Crippen LogP contribution is 2.48. The Bertz CT molecular complexity index is 518. The molecule has 0 aliphatic carbocycles. The number of amides is 3. The number of fused-ring (bicyclic) bond motifs is 5. The molecule has 3 aliphatic heterocycles. The maximum Gasteiger partial charge on any atom is 0.235 e. The third kappa shape index (κ3) is 2.84. The van der Waals surface area contributed by atoms with Crippen LogP contribution in [0.2, 0.25) is 0 Å². The summed E-state index contributed by atoms with van der Waals surface area (Å²) in [4.78, 5) is 38.3. The highest BCUT2D eigenvalue weighted by molar-refractivity contribution is 6.06. The Balaban J connectivity index is 1.51. The van der Waals surface area contributed by atoms with Crippen LogP contribution in [-0.2, 0) is 19.1 Å². The Kier molecular flexibility index (Phi) is 4.66. The van der Waals surface area contributed by atoms with Crippen LogP contribution in [0, 0.1) is 11.8 Å². The number of hydrogen-bond donors (Lipinski definition) is 2. The van der Waals surface area contributed by atoms with Gasteiger partial charge in [0.05, 0.1) is 24.0 Å². The van der Waals surface area contributed by atoms with Crippen molar-refractivity contribution in [3.05, 3.63) is 0 Å². The zero-order valence-electron chi connectivity index (χ0n) is 14.4. The maximum absolute atomic E-state index is 12.5. The van der Waals surface area contributed by atoms with E-state index in [0.29, 0.717) is 6.54 Å². The number of nitrogens with one attached hydrogen (secondary N) is 1. The number of ether oxygens (including phenoxy) is 1. The maximum atomic E-state index is 12.5. The van der Waals surface area contributed by atoms with Gasteiger partial charge in [-0.2, -0.15) is 0 Å². The summed E-state index contributed by atoms with van der Waals surface area (Å²) in [5.74, 6) is -1.16. The van der Waals surface area contributed by atoms with Crippen LogP contribution in [0.1, 0.15) is 46.0 Å². The summed E-state index contributed by atoms with van der Waals surface area (Å²) in [5.41, 5.74) is 5.76. The third-order valence-electron chi connectivity index (χ3n) is 5.98. The molecule has 3 saturated heterocycles. The lowest BCUT2D eigenvalue weighted by atomic mass is 9.81. The van der Waals surface area contributed by atoms with Crippen molar-refractivity contribution in [1.29, 1.82) is 0 Å². The summed E-state index contributed by atoms with van der Waals surface area (Å²) in [6.07, 6.45) is 3.16. The van der Waals surface area contributed by atoms with Crippen molar-refractivity contribution >= 4 is 17.7 Å². The van der Waals surface area contributed by atoms with Gasteiger partial charge in [0, 0.05) is 25.0 Å². The van der Waals surface area contributed by atoms with Gasteiger partial charge in [0.1, 0.15) is 0 Å². The van der Waals surface area contributed by atoms with E-state index in [1.54, 1.807) is 0 Å². The Morgan fingerprint density at radius 3 is 2.25 bits per heavy atom. The Morgan fingerprint density at radius 2 is 1.75 bits per heavy atom. The van der Waals surface area contributed by atoms with Crippen molar-refractivity contribution in [2.75, 3.05) is 13.1 Å². The highest BCUT2D eigenvalue weighted by Gasteiger charge is 2.62. The van der Waals surface area contributed by atoms with Crippen LogP contribution in [0.15, 0.2) is 0 Å². The molecule has 4 atom stereocenters. The van der Waals surface area contributed by atoms with Crippen molar-refractivity contribution in [2.45, 2.75) is 63.7 Å². The summed E-state index contributed by atoms with van der Waals surface area (Å²) in [6, 6.07) is 0. The lowest BCUT2D eigenvalue weighted by Crippen LogP contribution is -2.49. The lowest BCUT2D eigenvalue weighted by molar-refractivity contribution is -0.142. The second-order valence-electron chi connectivity index (χ2n) is 7.27. The van der Waals surface area contributed by atoms with Crippen LogP contribution in [-0.4, -0.2) is 53.5 Å². The molecule has 0 aromatic heterocycles. The van der Waals surface area contributed by atoms with Crippen LogP contribution in [0.3, 0.4) is 0 Å². The zero-order chi connectivity index (χ0) is 17.5. The van der Waals surface area contributed by atoms with Crippen molar-refractivity contribution in [2.24, 2.45) is 17.6 Å². The highest BCUT2D eigenvalue weighted by atomic mass is 16.5. The van der Waals surface area contributed by atoms with Gasteiger partial charge in [-0.05, 0) is 25.7 Å². The Labute approximate surface area is 142 Å². The van der Waals surface area contributed by atoms with Crippen LogP contribution >= 0.6 is 0 Å². The minimum Gasteiger partial charge on any atom is -0.373 e. The largest absolute Gasteiger partial charge is 0.373 e. The fraction of sp³-hybridized carbons (Fsp3) is 0.824. The normalized spacial score (nSPS) is 31.7. The third-order valence-corrected chi connectivity index (χ3v) is 5.98. The molecule has 7 heteroatoms. The molecule has 0 saturated carbocycles. The second-order valence-corrected chi connectivity index (χ2v) is 7.27. The number of hydrogen-bond acceptors (Lipinski definition) is 5. The smallest absolute Gasteiger partial charge is 0.235 e. The van der Waals surface area contributed by atoms with Crippen LogP contribution < -0.4 is 11.1 Å². The minimum absolute atomic E-state index is 0.109. The van der Waals surface area contributed by atoms with E-state index in [-0.39, 0.29) is 54.7 Å². The summed E-state index contributed by atoms with van der Waals surface area (Å²) in [7, 11) is 0. The van der Waals surface area contributed by atoms with Gasteiger partial charge < -0.3 is 15.8 Å². The van der Waals surface area contributed by atoms with E-state index in [2.05, 4.69) is 5.32 Å². The van der Waals surface area contributed by atoms with Gasteiger partial charge in [-0.1, -0.05) is 13.8 Å². The first kappa shape index (κ1) is 17.4. The number of imide groups is 1. The van der Waals surface area contributed by atoms with Gasteiger partial charge in [-0.15, -0.1) is 0 Å². The first-order valence-electron chi connectivity index (χ1n) is 8.96. The molecule has 3 heterocycles. The lowest BCUT2D eigenvalue weighted by Gasteiger charge is -2.27. The molecular formula is C17H27N3O4. The Morgan fingerprint density at radius 1 is 1.21 bits per heavy atom. The SMILES string of the molecule is CCC(N)(CC)CNC(=O)CCN1C(=O)C2C3CCC(O3)C2C1=O.